The Morgan fingerprint density at radius 2 is 2.00 bits per heavy atom. The SMILES string of the molecule is CCOCC(N)c1noc(C2CCC(C(F)(F)F)CC2)n1. The monoisotopic (exact) mass is 307 g/mol. The molecule has 21 heavy (non-hydrogen) atoms. The van der Waals surface area contributed by atoms with E-state index in [9.17, 15) is 13.2 Å². The van der Waals surface area contributed by atoms with Gasteiger partial charge in [-0.3, -0.25) is 0 Å². The lowest BCUT2D eigenvalue weighted by molar-refractivity contribution is -0.182. The van der Waals surface area contributed by atoms with Crippen LogP contribution in [0.2, 0.25) is 0 Å². The smallest absolute Gasteiger partial charge is 0.380 e. The maximum Gasteiger partial charge on any atom is 0.391 e. The van der Waals surface area contributed by atoms with E-state index in [4.69, 9.17) is 15.0 Å². The first kappa shape index (κ1) is 16.2. The molecule has 0 amide bonds. The van der Waals surface area contributed by atoms with E-state index in [0.717, 1.165) is 0 Å². The van der Waals surface area contributed by atoms with Crippen LogP contribution in [0.5, 0.6) is 0 Å². The third kappa shape index (κ3) is 4.16. The van der Waals surface area contributed by atoms with E-state index in [0.29, 0.717) is 31.2 Å². The van der Waals surface area contributed by atoms with Crippen molar-refractivity contribution in [3.05, 3.63) is 11.7 Å². The summed E-state index contributed by atoms with van der Waals surface area (Å²) in [6.45, 7) is 2.68. The van der Waals surface area contributed by atoms with E-state index >= 15 is 0 Å². The fourth-order valence-corrected chi connectivity index (χ4v) is 2.55. The molecule has 1 fully saturated rings. The zero-order valence-electron chi connectivity index (χ0n) is 11.9. The third-order valence-corrected chi connectivity index (χ3v) is 3.83. The average molecular weight is 307 g/mol. The van der Waals surface area contributed by atoms with Crippen molar-refractivity contribution < 1.29 is 22.4 Å². The average Bonchev–Trinajstić information content (AvgIpc) is 2.94. The van der Waals surface area contributed by atoms with Gasteiger partial charge in [0.05, 0.1) is 18.6 Å². The molecule has 0 spiro atoms. The maximum atomic E-state index is 12.6. The van der Waals surface area contributed by atoms with Crippen LogP contribution in [0.1, 0.15) is 56.3 Å². The van der Waals surface area contributed by atoms with Gasteiger partial charge in [-0.25, -0.2) is 0 Å². The highest BCUT2D eigenvalue weighted by molar-refractivity contribution is 4.99. The predicted octanol–water partition coefficient (Wildman–Crippen LogP) is 2.94. The molecule has 1 aliphatic carbocycles. The van der Waals surface area contributed by atoms with Gasteiger partial charge >= 0.3 is 6.18 Å². The molecule has 0 saturated heterocycles. The molecular formula is C13H20F3N3O2. The fraction of sp³-hybridized carbons (Fsp3) is 0.846. The van der Waals surface area contributed by atoms with Gasteiger partial charge in [-0.2, -0.15) is 18.2 Å². The highest BCUT2D eigenvalue weighted by Crippen LogP contribution is 2.42. The summed E-state index contributed by atoms with van der Waals surface area (Å²) in [6, 6.07) is -0.478. The minimum absolute atomic E-state index is 0.107. The van der Waals surface area contributed by atoms with Crippen molar-refractivity contribution in [1.82, 2.24) is 10.1 Å². The van der Waals surface area contributed by atoms with Crippen molar-refractivity contribution in [3.8, 4) is 0 Å². The summed E-state index contributed by atoms with van der Waals surface area (Å²) >= 11 is 0. The minimum Gasteiger partial charge on any atom is -0.380 e. The van der Waals surface area contributed by atoms with E-state index in [1.165, 1.54) is 0 Å². The van der Waals surface area contributed by atoms with Crippen molar-refractivity contribution in [2.75, 3.05) is 13.2 Å². The van der Waals surface area contributed by atoms with Gasteiger partial charge in [-0.1, -0.05) is 5.16 Å². The highest BCUT2D eigenvalue weighted by atomic mass is 19.4. The van der Waals surface area contributed by atoms with Crippen LogP contribution in [-0.4, -0.2) is 29.5 Å². The summed E-state index contributed by atoms with van der Waals surface area (Å²) in [5.41, 5.74) is 5.84. The molecule has 0 radical (unpaired) electrons. The van der Waals surface area contributed by atoms with E-state index in [2.05, 4.69) is 10.1 Å². The van der Waals surface area contributed by atoms with Crippen LogP contribution in [0.25, 0.3) is 0 Å². The fourth-order valence-electron chi connectivity index (χ4n) is 2.55. The molecule has 1 atom stereocenters. The number of alkyl halides is 3. The summed E-state index contributed by atoms with van der Waals surface area (Å²) in [7, 11) is 0. The summed E-state index contributed by atoms with van der Waals surface area (Å²) in [5, 5.41) is 3.80. The van der Waals surface area contributed by atoms with Crippen LogP contribution >= 0.6 is 0 Å². The number of halogens is 3. The molecule has 2 N–H and O–H groups in total. The second-order valence-electron chi connectivity index (χ2n) is 5.35. The van der Waals surface area contributed by atoms with Crippen LogP contribution in [0.4, 0.5) is 13.2 Å². The van der Waals surface area contributed by atoms with E-state index in [1.807, 2.05) is 6.92 Å². The molecule has 2 rings (SSSR count). The Kier molecular flexibility index (Phi) is 5.21. The maximum absolute atomic E-state index is 12.6. The van der Waals surface area contributed by atoms with Gasteiger partial charge in [0, 0.05) is 12.5 Å². The molecule has 0 bridgehead atoms. The van der Waals surface area contributed by atoms with Gasteiger partial charge in [0.2, 0.25) is 5.89 Å². The van der Waals surface area contributed by atoms with Crippen molar-refractivity contribution in [3.63, 3.8) is 0 Å². The molecule has 1 aromatic rings. The Hall–Kier alpha value is -1.15. The number of nitrogens with zero attached hydrogens (tertiary/aromatic N) is 2. The summed E-state index contributed by atoms with van der Waals surface area (Å²) in [6.07, 6.45) is -3.07. The minimum atomic E-state index is -4.11. The number of rotatable bonds is 5. The highest BCUT2D eigenvalue weighted by Gasteiger charge is 2.42. The summed E-state index contributed by atoms with van der Waals surface area (Å²) in [5.74, 6) is -0.588. The van der Waals surface area contributed by atoms with Gasteiger partial charge in [0.15, 0.2) is 5.82 Å². The molecule has 1 aliphatic rings. The van der Waals surface area contributed by atoms with Crippen molar-refractivity contribution in [1.29, 1.82) is 0 Å². The normalized spacial score (nSPS) is 25.0. The molecule has 0 aliphatic heterocycles. The van der Waals surface area contributed by atoms with Crippen molar-refractivity contribution in [2.24, 2.45) is 11.7 Å². The quantitative estimate of drug-likeness (QED) is 0.905. The number of ether oxygens (including phenoxy) is 1. The standard InChI is InChI=1S/C13H20F3N3O2/c1-2-20-7-10(17)11-18-12(21-19-11)8-3-5-9(6-4-8)13(14,15)16/h8-10H,2-7,17H2,1H3. The molecule has 120 valence electrons. The number of nitrogens with two attached hydrogens (primary N) is 1. The van der Waals surface area contributed by atoms with Gasteiger partial charge in [0.1, 0.15) is 0 Å². The predicted molar refractivity (Wildman–Crippen MR) is 68.5 cm³/mol. The molecule has 1 aromatic heterocycles. The topological polar surface area (TPSA) is 74.2 Å². The Labute approximate surface area is 121 Å². The Bertz CT molecular complexity index is 442. The molecule has 1 saturated carbocycles. The van der Waals surface area contributed by atoms with Crippen LogP contribution in [-0.2, 0) is 4.74 Å². The zero-order valence-corrected chi connectivity index (χ0v) is 11.9. The van der Waals surface area contributed by atoms with Crippen LogP contribution in [0.3, 0.4) is 0 Å². The second kappa shape index (κ2) is 6.74. The Morgan fingerprint density at radius 1 is 1.33 bits per heavy atom. The Balaban J connectivity index is 1.91. The lowest BCUT2D eigenvalue weighted by atomic mass is 9.81. The van der Waals surface area contributed by atoms with Crippen LogP contribution in [0.15, 0.2) is 4.52 Å². The van der Waals surface area contributed by atoms with Crippen molar-refractivity contribution in [2.45, 2.75) is 50.7 Å². The largest absolute Gasteiger partial charge is 0.391 e. The van der Waals surface area contributed by atoms with Gasteiger partial charge in [0.25, 0.3) is 0 Å². The molecule has 1 heterocycles. The van der Waals surface area contributed by atoms with E-state index < -0.39 is 18.1 Å². The van der Waals surface area contributed by atoms with Gasteiger partial charge < -0.3 is 15.0 Å². The molecule has 5 nitrogen and oxygen atoms in total. The van der Waals surface area contributed by atoms with Crippen molar-refractivity contribution >= 4 is 0 Å². The second-order valence-corrected chi connectivity index (χ2v) is 5.35. The number of hydrogen-bond acceptors (Lipinski definition) is 5. The molecule has 1 unspecified atom stereocenters. The lowest BCUT2D eigenvalue weighted by Crippen LogP contribution is -2.27. The summed E-state index contributed by atoms with van der Waals surface area (Å²) < 4.78 is 48.2. The van der Waals surface area contributed by atoms with E-state index in [-0.39, 0.29) is 25.4 Å². The lowest BCUT2D eigenvalue weighted by Gasteiger charge is -2.27. The first-order valence-electron chi connectivity index (χ1n) is 7.15. The molecular weight excluding hydrogens is 287 g/mol. The van der Waals surface area contributed by atoms with E-state index in [1.54, 1.807) is 0 Å². The van der Waals surface area contributed by atoms with Crippen LogP contribution < -0.4 is 5.73 Å². The molecule has 8 heteroatoms. The first-order valence-corrected chi connectivity index (χ1v) is 7.15. The third-order valence-electron chi connectivity index (χ3n) is 3.83. The van der Waals surface area contributed by atoms with Crippen LogP contribution in [0, 0.1) is 5.92 Å². The van der Waals surface area contributed by atoms with Gasteiger partial charge in [-0.15, -0.1) is 0 Å². The number of aromatic nitrogens is 2. The first-order chi connectivity index (χ1) is 9.91. The van der Waals surface area contributed by atoms with Gasteiger partial charge in [-0.05, 0) is 32.6 Å². The summed E-state index contributed by atoms with van der Waals surface area (Å²) in [4.78, 5) is 4.21. The molecule has 0 aromatic carbocycles. The Morgan fingerprint density at radius 3 is 2.57 bits per heavy atom. The zero-order chi connectivity index (χ0) is 15.5. The number of hydrogen-bond donors (Lipinski definition) is 1.